The molecule has 0 saturated heterocycles. The standard InChI is InChI=1S/C17H16BrN5/c1-12-9-14(18)4-5-15(12)22-17-20-8-6-16(23-17)21-11-13-3-2-7-19-10-13/h2-10H,11H2,1H3,(H2,20,21,22,23). The average molecular weight is 370 g/mol. The van der Waals surface area contributed by atoms with Gasteiger partial charge in [0.25, 0.3) is 0 Å². The van der Waals surface area contributed by atoms with E-state index in [0.717, 1.165) is 27.1 Å². The SMILES string of the molecule is Cc1cc(Br)ccc1Nc1nccc(NCc2cccnc2)n1. The third kappa shape index (κ3) is 4.26. The molecule has 1 aromatic carbocycles. The summed E-state index contributed by atoms with van der Waals surface area (Å²) in [5, 5.41) is 6.51. The first-order valence-electron chi connectivity index (χ1n) is 7.20. The van der Waals surface area contributed by atoms with Crippen LogP contribution in [0.3, 0.4) is 0 Å². The van der Waals surface area contributed by atoms with Crippen molar-refractivity contribution in [2.45, 2.75) is 13.5 Å². The summed E-state index contributed by atoms with van der Waals surface area (Å²) in [7, 11) is 0. The van der Waals surface area contributed by atoms with Crippen molar-refractivity contribution in [2.24, 2.45) is 0 Å². The fraction of sp³-hybridized carbons (Fsp3) is 0.118. The first-order valence-corrected chi connectivity index (χ1v) is 7.99. The van der Waals surface area contributed by atoms with E-state index in [1.54, 1.807) is 12.4 Å². The zero-order chi connectivity index (χ0) is 16.1. The monoisotopic (exact) mass is 369 g/mol. The summed E-state index contributed by atoms with van der Waals surface area (Å²) in [4.78, 5) is 12.8. The zero-order valence-electron chi connectivity index (χ0n) is 12.6. The van der Waals surface area contributed by atoms with E-state index in [1.165, 1.54) is 0 Å². The molecule has 0 bridgehead atoms. The van der Waals surface area contributed by atoms with Gasteiger partial charge in [0.2, 0.25) is 5.95 Å². The van der Waals surface area contributed by atoms with Gasteiger partial charge in [-0.3, -0.25) is 4.98 Å². The van der Waals surface area contributed by atoms with Gasteiger partial charge in [0.05, 0.1) is 0 Å². The maximum Gasteiger partial charge on any atom is 0.229 e. The summed E-state index contributed by atoms with van der Waals surface area (Å²) in [6, 6.07) is 11.8. The number of rotatable bonds is 5. The summed E-state index contributed by atoms with van der Waals surface area (Å²) >= 11 is 3.46. The van der Waals surface area contributed by atoms with Crippen molar-refractivity contribution in [1.29, 1.82) is 0 Å². The molecule has 0 amide bonds. The van der Waals surface area contributed by atoms with Crippen molar-refractivity contribution in [3.63, 3.8) is 0 Å². The molecule has 5 nitrogen and oxygen atoms in total. The fourth-order valence-corrected chi connectivity index (χ4v) is 2.58. The highest BCUT2D eigenvalue weighted by Gasteiger charge is 2.03. The third-order valence-corrected chi connectivity index (χ3v) is 3.78. The van der Waals surface area contributed by atoms with Gasteiger partial charge in [0, 0.05) is 35.3 Å². The molecule has 2 aromatic heterocycles. The third-order valence-electron chi connectivity index (χ3n) is 3.29. The Morgan fingerprint density at radius 3 is 2.83 bits per heavy atom. The smallest absolute Gasteiger partial charge is 0.229 e. The lowest BCUT2D eigenvalue weighted by Gasteiger charge is -2.10. The Hall–Kier alpha value is -2.47. The summed E-state index contributed by atoms with van der Waals surface area (Å²) in [6.45, 7) is 2.71. The van der Waals surface area contributed by atoms with Gasteiger partial charge in [0.1, 0.15) is 5.82 Å². The molecule has 2 heterocycles. The first kappa shape index (κ1) is 15.4. The number of nitrogens with zero attached hydrogens (tertiary/aromatic N) is 3. The molecule has 3 rings (SSSR count). The number of aromatic nitrogens is 3. The highest BCUT2D eigenvalue weighted by molar-refractivity contribution is 9.10. The Kier molecular flexibility index (Phi) is 4.83. The molecular weight excluding hydrogens is 354 g/mol. The molecule has 0 fully saturated rings. The summed E-state index contributed by atoms with van der Waals surface area (Å²) in [5.74, 6) is 1.33. The molecule has 0 saturated carbocycles. The van der Waals surface area contributed by atoms with E-state index in [0.29, 0.717) is 12.5 Å². The lowest BCUT2D eigenvalue weighted by Crippen LogP contribution is -2.04. The second kappa shape index (κ2) is 7.19. The number of pyridine rings is 1. The van der Waals surface area contributed by atoms with Crippen LogP contribution in [0, 0.1) is 6.92 Å². The quantitative estimate of drug-likeness (QED) is 0.701. The van der Waals surface area contributed by atoms with Crippen molar-refractivity contribution in [2.75, 3.05) is 10.6 Å². The number of hydrogen-bond donors (Lipinski definition) is 2. The van der Waals surface area contributed by atoms with Crippen molar-refractivity contribution in [3.8, 4) is 0 Å². The van der Waals surface area contributed by atoms with Crippen LogP contribution in [-0.4, -0.2) is 15.0 Å². The number of aryl methyl sites for hydroxylation is 1. The van der Waals surface area contributed by atoms with Gasteiger partial charge in [-0.1, -0.05) is 22.0 Å². The lowest BCUT2D eigenvalue weighted by atomic mass is 10.2. The summed E-state index contributed by atoms with van der Waals surface area (Å²) in [6.07, 6.45) is 5.32. The van der Waals surface area contributed by atoms with E-state index in [2.05, 4.69) is 41.5 Å². The number of anilines is 3. The van der Waals surface area contributed by atoms with Crippen LogP contribution in [0.15, 0.2) is 59.5 Å². The molecule has 2 N–H and O–H groups in total. The van der Waals surface area contributed by atoms with E-state index in [-0.39, 0.29) is 0 Å². The van der Waals surface area contributed by atoms with E-state index < -0.39 is 0 Å². The van der Waals surface area contributed by atoms with Gasteiger partial charge in [-0.25, -0.2) is 4.98 Å². The van der Waals surface area contributed by atoms with Gasteiger partial charge in [-0.2, -0.15) is 4.98 Å². The highest BCUT2D eigenvalue weighted by atomic mass is 79.9. The highest BCUT2D eigenvalue weighted by Crippen LogP contribution is 2.22. The largest absolute Gasteiger partial charge is 0.366 e. The Balaban J connectivity index is 1.69. The Labute approximate surface area is 143 Å². The van der Waals surface area contributed by atoms with Crippen molar-refractivity contribution in [1.82, 2.24) is 15.0 Å². The van der Waals surface area contributed by atoms with Crippen LogP contribution < -0.4 is 10.6 Å². The van der Waals surface area contributed by atoms with Crippen LogP contribution >= 0.6 is 15.9 Å². The molecule has 23 heavy (non-hydrogen) atoms. The molecule has 6 heteroatoms. The van der Waals surface area contributed by atoms with Gasteiger partial charge in [-0.15, -0.1) is 0 Å². The van der Waals surface area contributed by atoms with Gasteiger partial charge in [-0.05, 0) is 48.4 Å². The van der Waals surface area contributed by atoms with Gasteiger partial charge < -0.3 is 10.6 Å². The Bertz CT molecular complexity index is 792. The Morgan fingerprint density at radius 2 is 2.04 bits per heavy atom. The van der Waals surface area contributed by atoms with Gasteiger partial charge in [0.15, 0.2) is 0 Å². The number of nitrogens with one attached hydrogen (secondary N) is 2. The molecule has 0 aliphatic carbocycles. The number of hydrogen-bond acceptors (Lipinski definition) is 5. The summed E-state index contributed by atoms with van der Waals surface area (Å²) in [5.41, 5.74) is 3.21. The zero-order valence-corrected chi connectivity index (χ0v) is 14.2. The van der Waals surface area contributed by atoms with Gasteiger partial charge >= 0.3 is 0 Å². The Morgan fingerprint density at radius 1 is 1.13 bits per heavy atom. The minimum absolute atomic E-state index is 0.562. The molecule has 0 atom stereocenters. The maximum absolute atomic E-state index is 4.48. The second-order valence-corrected chi connectivity index (χ2v) is 5.98. The van der Waals surface area contributed by atoms with E-state index in [1.807, 2.05) is 49.5 Å². The van der Waals surface area contributed by atoms with Crippen molar-refractivity contribution >= 4 is 33.4 Å². The number of halogens is 1. The topological polar surface area (TPSA) is 62.7 Å². The first-order chi connectivity index (χ1) is 11.2. The number of benzene rings is 1. The molecule has 116 valence electrons. The van der Waals surface area contributed by atoms with Crippen LogP contribution in [0.2, 0.25) is 0 Å². The van der Waals surface area contributed by atoms with E-state index in [4.69, 9.17) is 0 Å². The van der Waals surface area contributed by atoms with Crippen LogP contribution in [0.5, 0.6) is 0 Å². The summed E-state index contributed by atoms with van der Waals surface area (Å²) < 4.78 is 1.05. The van der Waals surface area contributed by atoms with Crippen molar-refractivity contribution < 1.29 is 0 Å². The lowest BCUT2D eigenvalue weighted by molar-refractivity contribution is 1.07. The average Bonchev–Trinajstić information content (AvgIpc) is 2.57. The molecule has 0 radical (unpaired) electrons. The predicted molar refractivity (Wildman–Crippen MR) is 95.8 cm³/mol. The van der Waals surface area contributed by atoms with Crippen LogP contribution in [0.1, 0.15) is 11.1 Å². The predicted octanol–water partition coefficient (Wildman–Crippen LogP) is 4.30. The van der Waals surface area contributed by atoms with E-state index >= 15 is 0 Å². The molecule has 0 aliphatic rings. The van der Waals surface area contributed by atoms with Crippen LogP contribution in [0.4, 0.5) is 17.5 Å². The minimum atomic E-state index is 0.562. The van der Waals surface area contributed by atoms with Crippen LogP contribution in [0.25, 0.3) is 0 Å². The molecule has 3 aromatic rings. The normalized spacial score (nSPS) is 10.3. The fourth-order valence-electron chi connectivity index (χ4n) is 2.10. The molecular formula is C17H16BrN5. The van der Waals surface area contributed by atoms with Crippen LogP contribution in [-0.2, 0) is 6.54 Å². The molecule has 0 spiro atoms. The second-order valence-electron chi connectivity index (χ2n) is 5.06. The molecule has 0 unspecified atom stereocenters. The molecule has 0 aliphatic heterocycles. The maximum atomic E-state index is 4.48. The van der Waals surface area contributed by atoms with E-state index in [9.17, 15) is 0 Å². The minimum Gasteiger partial charge on any atom is -0.366 e. The van der Waals surface area contributed by atoms with Crippen molar-refractivity contribution in [3.05, 3.63) is 70.6 Å².